The van der Waals surface area contributed by atoms with Crippen LogP contribution in [0.4, 0.5) is 0 Å². The van der Waals surface area contributed by atoms with Gasteiger partial charge in [-0.3, -0.25) is 4.79 Å². The predicted octanol–water partition coefficient (Wildman–Crippen LogP) is 3.34. The van der Waals surface area contributed by atoms with Gasteiger partial charge in [0.05, 0.1) is 6.10 Å². The number of Topliss-reactive ketones (excluding diaryl/α,β-unsaturated/α-hetero) is 1. The van der Waals surface area contributed by atoms with Crippen molar-refractivity contribution in [3.05, 3.63) is 0 Å². The number of fused-ring (bicyclic) bond motifs is 1. The van der Waals surface area contributed by atoms with Crippen LogP contribution in [-0.4, -0.2) is 22.3 Å². The van der Waals surface area contributed by atoms with Gasteiger partial charge in [-0.2, -0.15) is 0 Å². The van der Waals surface area contributed by atoms with E-state index in [1.165, 1.54) is 6.42 Å². The lowest BCUT2D eigenvalue weighted by Crippen LogP contribution is -2.39. The molecule has 2 aliphatic carbocycles. The number of rotatable bonds is 4. The van der Waals surface area contributed by atoms with Gasteiger partial charge in [-0.25, -0.2) is 0 Å². The van der Waals surface area contributed by atoms with Crippen molar-refractivity contribution in [3.63, 3.8) is 0 Å². The van der Waals surface area contributed by atoms with Crippen molar-refractivity contribution in [2.75, 3.05) is 0 Å². The van der Waals surface area contributed by atoms with E-state index in [0.717, 1.165) is 25.2 Å². The van der Waals surface area contributed by atoms with Crippen LogP contribution in [-0.2, 0) is 9.53 Å². The normalized spacial score (nSPS) is 43.4. The highest BCUT2D eigenvalue weighted by Gasteiger charge is 2.59. The molecule has 0 amide bonds. The number of hydrogen-bond donors (Lipinski definition) is 0. The molecule has 1 heterocycles. The van der Waals surface area contributed by atoms with E-state index in [0.29, 0.717) is 24.4 Å². The lowest BCUT2D eigenvalue weighted by atomic mass is 9.84. The number of alkyl halides is 2. The van der Waals surface area contributed by atoms with Gasteiger partial charge in [-0.15, -0.1) is 0 Å². The van der Waals surface area contributed by atoms with Crippen LogP contribution in [0.25, 0.3) is 0 Å². The van der Waals surface area contributed by atoms with E-state index in [4.69, 9.17) is 27.9 Å². The highest BCUT2D eigenvalue weighted by Crippen LogP contribution is 2.57. The maximum Gasteiger partial charge on any atom is 0.197 e. The fourth-order valence-corrected chi connectivity index (χ4v) is 4.63. The van der Waals surface area contributed by atoms with Crippen LogP contribution in [0.2, 0.25) is 0 Å². The van der Waals surface area contributed by atoms with Gasteiger partial charge in [0, 0.05) is 0 Å². The number of carbonyl (C=O) groups excluding carboxylic acids is 1. The van der Waals surface area contributed by atoms with Crippen LogP contribution in [0, 0.1) is 17.8 Å². The molecule has 4 heteroatoms. The molecule has 2 bridgehead atoms. The maximum absolute atomic E-state index is 12.4. The van der Waals surface area contributed by atoms with Crippen molar-refractivity contribution in [3.8, 4) is 0 Å². The van der Waals surface area contributed by atoms with Gasteiger partial charge in [0.1, 0.15) is 6.10 Å². The van der Waals surface area contributed by atoms with E-state index in [1.807, 2.05) is 6.92 Å². The molecule has 3 rings (SSSR count). The Morgan fingerprint density at radius 2 is 2.00 bits per heavy atom. The summed E-state index contributed by atoms with van der Waals surface area (Å²) < 4.78 is 4.67. The van der Waals surface area contributed by atoms with Crippen LogP contribution >= 0.6 is 23.2 Å². The zero-order chi connectivity index (χ0) is 12.2. The fourth-order valence-electron chi connectivity index (χ4n) is 4.03. The van der Waals surface area contributed by atoms with Gasteiger partial charge in [-0.1, -0.05) is 36.5 Å². The van der Waals surface area contributed by atoms with Crippen LogP contribution in [0.5, 0.6) is 0 Å². The van der Waals surface area contributed by atoms with E-state index >= 15 is 0 Å². The number of carbonyl (C=O) groups is 1. The first kappa shape index (κ1) is 12.3. The lowest BCUT2D eigenvalue weighted by molar-refractivity contribution is -0.131. The quantitative estimate of drug-likeness (QED) is 0.737. The Morgan fingerprint density at radius 1 is 1.29 bits per heavy atom. The average molecular weight is 277 g/mol. The van der Waals surface area contributed by atoms with E-state index < -0.39 is 4.33 Å². The molecule has 0 spiro atoms. The minimum Gasteiger partial charge on any atom is -0.366 e. The van der Waals surface area contributed by atoms with E-state index in [9.17, 15) is 4.79 Å². The Bertz CT molecular complexity index is 340. The summed E-state index contributed by atoms with van der Waals surface area (Å²) in [7, 11) is 0. The molecule has 0 radical (unpaired) electrons. The highest BCUT2D eigenvalue weighted by atomic mass is 35.5. The molecule has 5 atom stereocenters. The Balaban J connectivity index is 1.76. The molecular formula is C13H18Cl2O2. The molecule has 5 unspecified atom stereocenters. The van der Waals surface area contributed by atoms with Gasteiger partial charge < -0.3 is 4.74 Å². The monoisotopic (exact) mass is 276 g/mol. The Morgan fingerprint density at radius 3 is 2.59 bits per heavy atom. The van der Waals surface area contributed by atoms with Crippen molar-refractivity contribution in [1.82, 2.24) is 0 Å². The number of hydrogen-bond acceptors (Lipinski definition) is 2. The molecule has 2 nitrogen and oxygen atoms in total. The van der Waals surface area contributed by atoms with E-state index in [-0.39, 0.29) is 11.9 Å². The third-order valence-electron chi connectivity index (χ3n) is 4.70. The van der Waals surface area contributed by atoms with Crippen molar-refractivity contribution < 1.29 is 9.53 Å². The van der Waals surface area contributed by atoms with E-state index in [2.05, 4.69) is 0 Å². The first-order valence-electron chi connectivity index (χ1n) is 6.60. The molecule has 96 valence electrons. The summed E-state index contributed by atoms with van der Waals surface area (Å²) in [5, 5.41) is 0. The van der Waals surface area contributed by atoms with Crippen molar-refractivity contribution >= 4 is 29.0 Å². The minimum atomic E-state index is -1.25. The molecule has 0 aromatic carbocycles. The highest BCUT2D eigenvalue weighted by molar-refractivity contribution is 6.58. The second-order valence-corrected chi connectivity index (χ2v) is 7.30. The first-order chi connectivity index (χ1) is 8.03. The summed E-state index contributed by atoms with van der Waals surface area (Å²) in [6.45, 7) is 1.98. The number of halogens is 2. The van der Waals surface area contributed by atoms with Crippen LogP contribution in [0.1, 0.15) is 39.0 Å². The second-order valence-electron chi connectivity index (χ2n) is 5.81. The van der Waals surface area contributed by atoms with Gasteiger partial charge in [0.15, 0.2) is 10.1 Å². The Kier molecular flexibility index (Phi) is 2.96. The van der Waals surface area contributed by atoms with Gasteiger partial charge in [0.25, 0.3) is 0 Å². The molecule has 1 saturated heterocycles. The smallest absolute Gasteiger partial charge is 0.197 e. The average Bonchev–Trinajstić information content (AvgIpc) is 2.85. The SMILES string of the molecule is CCCC(Cl)(Cl)C(=O)C1OC2CC3CC2C1C3. The molecule has 3 fully saturated rings. The number of ether oxygens (including phenoxy) is 1. The van der Waals surface area contributed by atoms with Crippen LogP contribution in [0.3, 0.4) is 0 Å². The molecule has 0 N–H and O–H groups in total. The van der Waals surface area contributed by atoms with Crippen molar-refractivity contribution in [1.29, 1.82) is 0 Å². The van der Waals surface area contributed by atoms with Gasteiger partial charge in [-0.05, 0) is 43.4 Å². The second kappa shape index (κ2) is 4.11. The van der Waals surface area contributed by atoms with Crippen molar-refractivity contribution in [2.45, 2.75) is 55.6 Å². The first-order valence-corrected chi connectivity index (χ1v) is 7.36. The topological polar surface area (TPSA) is 26.3 Å². The Labute approximate surface area is 112 Å². The molecule has 0 aromatic rings. The number of ketones is 1. The summed E-state index contributed by atoms with van der Waals surface area (Å²) in [5.41, 5.74) is 0. The third kappa shape index (κ3) is 1.84. The third-order valence-corrected chi connectivity index (χ3v) is 5.45. The summed E-state index contributed by atoms with van der Waals surface area (Å²) in [4.78, 5) is 12.4. The molecule has 3 aliphatic rings. The maximum atomic E-state index is 12.4. The molecule has 17 heavy (non-hydrogen) atoms. The minimum absolute atomic E-state index is 0.0947. The standard InChI is InChI=1S/C13H18Cl2O2/c1-2-3-13(14,15)12(16)11-9-5-7-4-8(9)10(6-7)17-11/h7-11H,2-6H2,1H3. The summed E-state index contributed by atoms with van der Waals surface area (Å²) in [6, 6.07) is 0. The van der Waals surface area contributed by atoms with E-state index in [1.54, 1.807) is 0 Å². The summed E-state index contributed by atoms with van der Waals surface area (Å²) in [5.74, 6) is 1.67. The van der Waals surface area contributed by atoms with Crippen molar-refractivity contribution in [2.24, 2.45) is 17.8 Å². The Hall–Kier alpha value is 0.210. The summed E-state index contributed by atoms with van der Waals surface area (Å²) in [6.07, 6.45) is 4.80. The van der Waals surface area contributed by atoms with Gasteiger partial charge >= 0.3 is 0 Å². The zero-order valence-electron chi connectivity index (χ0n) is 9.99. The molecule has 0 aromatic heterocycles. The molecule has 2 saturated carbocycles. The van der Waals surface area contributed by atoms with Gasteiger partial charge in [0.2, 0.25) is 0 Å². The largest absolute Gasteiger partial charge is 0.366 e. The van der Waals surface area contributed by atoms with Crippen LogP contribution in [0.15, 0.2) is 0 Å². The lowest BCUT2D eigenvalue weighted by Gasteiger charge is -2.24. The molecular weight excluding hydrogens is 259 g/mol. The zero-order valence-corrected chi connectivity index (χ0v) is 11.5. The van der Waals surface area contributed by atoms with Crippen LogP contribution < -0.4 is 0 Å². The fraction of sp³-hybridized carbons (Fsp3) is 0.923. The summed E-state index contributed by atoms with van der Waals surface area (Å²) >= 11 is 12.3. The molecule has 1 aliphatic heterocycles. The predicted molar refractivity (Wildman–Crippen MR) is 67.3 cm³/mol.